The molecule has 3 fully saturated rings. The number of ether oxygens (including phenoxy) is 3. The van der Waals surface area contributed by atoms with Crippen LogP contribution in [0.15, 0.2) is 66.8 Å². The minimum Gasteiger partial charge on any atom is -0.496 e. The number of nitrogens with zero attached hydrogens (tertiary/aromatic N) is 2. The molecule has 15 heteroatoms. The van der Waals surface area contributed by atoms with Crippen molar-refractivity contribution in [1.82, 2.24) is 25.2 Å². The first-order valence-corrected chi connectivity index (χ1v) is 22.7. The molecule has 3 aromatic rings. The number of cyclic esters (lactones) is 1. The molecule has 0 radical (unpaired) electrons. The highest BCUT2D eigenvalue weighted by Crippen LogP contribution is 2.46. The predicted molar refractivity (Wildman–Crippen MR) is 225 cm³/mol. The van der Waals surface area contributed by atoms with Crippen LogP contribution >= 0.6 is 0 Å². The summed E-state index contributed by atoms with van der Waals surface area (Å²) in [5.41, 5.74) is 1.44. The maximum absolute atomic E-state index is 14.8. The van der Waals surface area contributed by atoms with E-state index in [-0.39, 0.29) is 31.9 Å². The van der Waals surface area contributed by atoms with E-state index in [2.05, 4.69) is 21.4 Å². The molecular formula is C45H53N5O9S. The normalized spacial score (nSPS) is 28.9. The molecule has 1 aromatic heterocycles. The van der Waals surface area contributed by atoms with Gasteiger partial charge in [-0.1, -0.05) is 74.4 Å². The minimum atomic E-state index is -3.91. The second kappa shape index (κ2) is 17.3. The van der Waals surface area contributed by atoms with Crippen molar-refractivity contribution in [2.75, 3.05) is 20.3 Å². The van der Waals surface area contributed by atoms with Gasteiger partial charge in [-0.3, -0.25) is 19.1 Å². The molecule has 1 saturated heterocycles. The summed E-state index contributed by atoms with van der Waals surface area (Å²) in [6.45, 7) is 2.14. The van der Waals surface area contributed by atoms with Gasteiger partial charge in [0.05, 0.1) is 36.7 Å². The largest absolute Gasteiger partial charge is 0.496 e. The molecule has 4 amide bonds. The van der Waals surface area contributed by atoms with Crippen molar-refractivity contribution in [2.24, 2.45) is 11.8 Å². The fraction of sp³-hybridized carbons (Fsp3) is 0.489. The molecule has 0 spiro atoms. The van der Waals surface area contributed by atoms with Crippen molar-refractivity contribution >= 4 is 50.8 Å². The number of hydrogen-bond acceptors (Lipinski definition) is 10. The molecule has 3 N–H and O–H groups in total. The summed E-state index contributed by atoms with van der Waals surface area (Å²) >= 11 is 0. The van der Waals surface area contributed by atoms with E-state index in [4.69, 9.17) is 19.2 Å². The van der Waals surface area contributed by atoms with Gasteiger partial charge in [0.1, 0.15) is 35.2 Å². The van der Waals surface area contributed by atoms with Gasteiger partial charge in [0.25, 0.3) is 5.91 Å². The van der Waals surface area contributed by atoms with Crippen LogP contribution in [0.4, 0.5) is 4.79 Å². The first-order chi connectivity index (χ1) is 28.9. The molecule has 4 heterocycles. The summed E-state index contributed by atoms with van der Waals surface area (Å²) in [5.74, 6) is -1.16. The molecule has 5 bridgehead atoms. The van der Waals surface area contributed by atoms with E-state index in [0.717, 1.165) is 36.8 Å². The van der Waals surface area contributed by atoms with Crippen LogP contribution in [0.2, 0.25) is 0 Å². The maximum atomic E-state index is 14.8. The van der Waals surface area contributed by atoms with Crippen LogP contribution in [0.1, 0.15) is 83.1 Å². The zero-order chi connectivity index (χ0) is 42.0. The van der Waals surface area contributed by atoms with Crippen LogP contribution in [0, 0.1) is 11.8 Å². The van der Waals surface area contributed by atoms with Crippen molar-refractivity contribution in [3.8, 4) is 22.8 Å². The first kappa shape index (κ1) is 41.3. The number of rotatable bonds is 5. The average molecular weight is 840 g/mol. The van der Waals surface area contributed by atoms with Gasteiger partial charge in [-0.05, 0) is 63.4 Å². The van der Waals surface area contributed by atoms with E-state index >= 15 is 0 Å². The zero-order valence-corrected chi connectivity index (χ0v) is 34.9. The van der Waals surface area contributed by atoms with Gasteiger partial charge in [0.2, 0.25) is 21.8 Å². The third-order valence-corrected chi connectivity index (χ3v) is 14.1. The molecule has 2 aliphatic carbocycles. The molecule has 60 heavy (non-hydrogen) atoms. The van der Waals surface area contributed by atoms with Crippen LogP contribution in [0.25, 0.3) is 28.2 Å². The monoisotopic (exact) mass is 839 g/mol. The Balaban J connectivity index is 1.19. The number of carbonyl (C=O) groups excluding carboxylic acids is 4. The lowest BCUT2D eigenvalue weighted by molar-refractivity contribution is -0.141. The fourth-order valence-electron chi connectivity index (χ4n) is 8.50. The van der Waals surface area contributed by atoms with E-state index < -0.39 is 68.7 Å². The van der Waals surface area contributed by atoms with Gasteiger partial charge in [0.15, 0.2) is 0 Å². The Morgan fingerprint density at radius 1 is 1.00 bits per heavy atom. The number of nitrogens with one attached hydrogen (secondary N) is 3. The fourth-order valence-corrected chi connectivity index (χ4v) is 9.87. The summed E-state index contributed by atoms with van der Waals surface area (Å²) in [6.07, 6.45) is 12.3. The predicted octanol–water partition coefficient (Wildman–Crippen LogP) is 5.80. The Morgan fingerprint density at radius 2 is 1.82 bits per heavy atom. The standard InChI is InChI=1S/C45H53N5O9S/c1-28-13-11-12-16-30-21-34-37(24-39(30)57-2)46-36(29-14-7-6-8-15-29)23-40(34)59-32-22-38-41(51)48-45(43(53)49-60(55,56)33-19-20-33)25-31(45)17-9-4-3-5-10-18-35(42(52)50(38)26-32)47-44(54)58-27-28/h6-9,12,14-17,21,23-24,28,31-33,35,38H,3-5,10-11,13,18-20,22,25-27H2,1-2H3,(H,47,54)(H,48,51)(H,49,53)/b16-12-,17-9-/t28-,31-,32+,35-,38-,45+/m0/s1. The van der Waals surface area contributed by atoms with Crippen LogP contribution in [0.3, 0.4) is 0 Å². The second-order valence-electron chi connectivity index (χ2n) is 16.9. The number of sulfonamides is 1. The average Bonchev–Trinajstić information content (AvgIpc) is 4.17. The van der Waals surface area contributed by atoms with Crippen LogP contribution in [-0.4, -0.2) is 91.4 Å². The zero-order valence-electron chi connectivity index (χ0n) is 34.1. The number of pyridine rings is 1. The number of allylic oxidation sites excluding steroid dienone is 2. The topological polar surface area (TPSA) is 182 Å². The van der Waals surface area contributed by atoms with Gasteiger partial charge in [-0.15, -0.1) is 0 Å². The van der Waals surface area contributed by atoms with E-state index in [1.807, 2.05) is 73.7 Å². The summed E-state index contributed by atoms with van der Waals surface area (Å²) in [5, 5.41) is 5.82. The quantitative estimate of drug-likeness (QED) is 0.266. The van der Waals surface area contributed by atoms with Crippen molar-refractivity contribution < 1.29 is 41.8 Å². The van der Waals surface area contributed by atoms with E-state index in [1.165, 1.54) is 4.90 Å². The van der Waals surface area contributed by atoms with Crippen molar-refractivity contribution in [1.29, 1.82) is 0 Å². The lowest BCUT2D eigenvalue weighted by Crippen LogP contribution is -2.58. The van der Waals surface area contributed by atoms with Crippen LogP contribution in [-0.2, 0) is 29.1 Å². The number of amides is 4. The lowest BCUT2D eigenvalue weighted by atomic mass is 10.0. The Morgan fingerprint density at radius 3 is 2.60 bits per heavy atom. The summed E-state index contributed by atoms with van der Waals surface area (Å²) in [6, 6.07) is 13.3. The Kier molecular flexibility index (Phi) is 11.9. The lowest BCUT2D eigenvalue weighted by Gasteiger charge is -2.29. The van der Waals surface area contributed by atoms with E-state index in [1.54, 1.807) is 7.11 Å². The Hall–Kier alpha value is -5.44. The maximum Gasteiger partial charge on any atom is 0.407 e. The third kappa shape index (κ3) is 9.01. The number of hydrogen-bond donors (Lipinski definition) is 3. The highest BCUT2D eigenvalue weighted by Gasteiger charge is 2.62. The van der Waals surface area contributed by atoms with E-state index in [9.17, 15) is 27.6 Å². The third-order valence-electron chi connectivity index (χ3n) is 12.2. The van der Waals surface area contributed by atoms with Gasteiger partial charge >= 0.3 is 6.09 Å². The second-order valence-corrected chi connectivity index (χ2v) is 18.8. The van der Waals surface area contributed by atoms with Gasteiger partial charge in [-0.25, -0.2) is 18.2 Å². The minimum absolute atomic E-state index is 0.00678. The highest BCUT2D eigenvalue weighted by molar-refractivity contribution is 7.91. The summed E-state index contributed by atoms with van der Waals surface area (Å²) < 4.78 is 46.5. The molecule has 318 valence electrons. The summed E-state index contributed by atoms with van der Waals surface area (Å²) in [4.78, 5) is 63.0. The first-order valence-electron chi connectivity index (χ1n) is 21.1. The van der Waals surface area contributed by atoms with Crippen LogP contribution in [0.5, 0.6) is 11.5 Å². The van der Waals surface area contributed by atoms with Crippen molar-refractivity contribution in [3.63, 3.8) is 0 Å². The number of fused-ring (bicyclic) bond motifs is 4. The molecule has 0 unspecified atom stereocenters. The number of aromatic nitrogens is 1. The smallest absolute Gasteiger partial charge is 0.407 e. The van der Waals surface area contributed by atoms with Gasteiger partial charge < -0.3 is 29.7 Å². The number of methoxy groups -OCH3 is 1. The highest BCUT2D eigenvalue weighted by atomic mass is 32.2. The number of alkyl carbamates (subject to hydrolysis) is 1. The van der Waals surface area contributed by atoms with Gasteiger partial charge in [0, 0.05) is 41.0 Å². The molecule has 14 nitrogen and oxygen atoms in total. The molecule has 6 atom stereocenters. The molecule has 2 aromatic carbocycles. The number of benzene rings is 2. The Labute approximate surface area is 350 Å². The number of carbonyl (C=O) groups is 4. The van der Waals surface area contributed by atoms with Crippen LogP contribution < -0.4 is 24.8 Å². The molecular weight excluding hydrogens is 787 g/mol. The van der Waals surface area contributed by atoms with E-state index in [0.29, 0.717) is 60.2 Å². The molecule has 5 aliphatic rings. The summed E-state index contributed by atoms with van der Waals surface area (Å²) in [7, 11) is -2.30. The van der Waals surface area contributed by atoms with Crippen molar-refractivity contribution in [2.45, 2.75) is 107 Å². The van der Waals surface area contributed by atoms with Gasteiger partial charge in [-0.2, -0.15) is 0 Å². The molecule has 2 saturated carbocycles. The Bertz CT molecular complexity index is 2310. The molecule has 3 aliphatic heterocycles. The molecule has 8 rings (SSSR count). The SMILES string of the molecule is COc1cc2nc(-c3ccccc3)cc3c2cc1/C=C\CC[C@H](C)COC(=O)N[C@H]1CCCCC/C=C\[C@H]2C[C@@]2(C(=O)NS(=O)(=O)C2CC2)NC(=O)[C@@H]2C[C@H](CN2C1=O)O3. The van der Waals surface area contributed by atoms with Crippen molar-refractivity contribution in [3.05, 3.63) is 72.3 Å².